The van der Waals surface area contributed by atoms with Gasteiger partial charge >= 0.3 is 6.18 Å². The lowest BCUT2D eigenvalue weighted by Crippen LogP contribution is -2.17. The lowest BCUT2D eigenvalue weighted by molar-refractivity contribution is -0.0551. The van der Waals surface area contributed by atoms with Crippen LogP contribution in [0.5, 0.6) is 0 Å². The molecule has 6 heteroatoms. The van der Waals surface area contributed by atoms with Gasteiger partial charge in [0.2, 0.25) is 4.62 Å². The topological polar surface area (TPSA) is 24.4 Å². The maximum atomic E-state index is 12.0. The summed E-state index contributed by atoms with van der Waals surface area (Å²) < 4.78 is 34.9. The van der Waals surface area contributed by atoms with Gasteiger partial charge in [-0.15, -0.1) is 0 Å². The Labute approximate surface area is 93.3 Å². The van der Waals surface area contributed by atoms with Crippen molar-refractivity contribution in [1.82, 2.24) is 0 Å². The number of halogens is 4. The van der Waals surface area contributed by atoms with Crippen LogP contribution in [0.3, 0.4) is 0 Å². The van der Waals surface area contributed by atoms with Crippen molar-refractivity contribution in [2.75, 3.05) is 5.43 Å². The zero-order valence-corrected chi connectivity index (χ0v) is 9.35. The van der Waals surface area contributed by atoms with Crippen molar-refractivity contribution in [2.45, 2.75) is 13.1 Å². The second-order valence-electron chi connectivity index (χ2n) is 2.88. The highest BCUT2D eigenvalue weighted by Crippen LogP contribution is 2.21. The Morgan fingerprint density at radius 2 is 1.80 bits per heavy atom. The highest BCUT2D eigenvalue weighted by molar-refractivity contribution is 9.18. The Balaban J connectivity index is 2.68. The van der Waals surface area contributed by atoms with Crippen LogP contribution < -0.4 is 5.43 Å². The van der Waals surface area contributed by atoms with E-state index < -0.39 is 10.8 Å². The Kier molecular flexibility index (Phi) is 3.73. The maximum Gasteiger partial charge on any atom is 0.441 e. The summed E-state index contributed by atoms with van der Waals surface area (Å²) in [7, 11) is 0. The number of hydrogen-bond donors (Lipinski definition) is 1. The molecule has 0 saturated carbocycles. The summed E-state index contributed by atoms with van der Waals surface area (Å²) in [5, 5.41) is 3.15. The molecular weight excluding hydrogens is 273 g/mol. The number of nitrogens with one attached hydrogen (secondary N) is 1. The third-order valence-electron chi connectivity index (χ3n) is 1.57. The predicted octanol–water partition coefficient (Wildman–Crippen LogP) is 3.68. The number of hydrazone groups is 1. The van der Waals surface area contributed by atoms with Crippen molar-refractivity contribution in [2.24, 2.45) is 5.10 Å². The molecule has 0 fully saturated rings. The molecule has 0 aliphatic rings. The average molecular weight is 281 g/mol. The first-order valence-corrected chi connectivity index (χ1v) is 4.82. The number of aryl methyl sites for hydroxylation is 1. The number of hydrogen-bond acceptors (Lipinski definition) is 2. The summed E-state index contributed by atoms with van der Waals surface area (Å²) in [4.78, 5) is 0. The van der Waals surface area contributed by atoms with Crippen LogP contribution in [-0.2, 0) is 0 Å². The van der Waals surface area contributed by atoms with Gasteiger partial charge in [0.1, 0.15) is 0 Å². The molecule has 1 rings (SSSR count). The van der Waals surface area contributed by atoms with E-state index in [1.807, 2.05) is 6.92 Å². The molecule has 15 heavy (non-hydrogen) atoms. The van der Waals surface area contributed by atoms with Crippen molar-refractivity contribution in [3.8, 4) is 0 Å². The van der Waals surface area contributed by atoms with E-state index in [4.69, 9.17) is 0 Å². The average Bonchev–Trinajstić information content (AvgIpc) is 2.15. The first-order valence-electron chi connectivity index (χ1n) is 4.02. The van der Waals surface area contributed by atoms with Crippen molar-refractivity contribution in [3.63, 3.8) is 0 Å². The van der Waals surface area contributed by atoms with Crippen LogP contribution in [0.1, 0.15) is 5.56 Å². The highest BCUT2D eigenvalue weighted by atomic mass is 79.9. The third-order valence-corrected chi connectivity index (χ3v) is 2.20. The van der Waals surface area contributed by atoms with Crippen LogP contribution in [0, 0.1) is 6.92 Å². The zero-order valence-electron chi connectivity index (χ0n) is 7.77. The van der Waals surface area contributed by atoms with Crippen molar-refractivity contribution in [3.05, 3.63) is 29.8 Å². The van der Waals surface area contributed by atoms with Gasteiger partial charge in [-0.3, -0.25) is 5.43 Å². The second kappa shape index (κ2) is 4.65. The monoisotopic (exact) mass is 280 g/mol. The fraction of sp³-hybridized carbons (Fsp3) is 0.222. The van der Waals surface area contributed by atoms with E-state index in [1.54, 1.807) is 24.3 Å². The standard InChI is InChI=1S/C9H8BrF3N2/c1-6-2-4-7(5-3-6)14-15-8(10)9(11,12)13/h2-5,14H,1H3. The maximum absolute atomic E-state index is 12.0. The number of alkyl halides is 3. The minimum Gasteiger partial charge on any atom is -0.277 e. The fourth-order valence-corrected chi connectivity index (χ4v) is 0.894. The molecule has 1 N–H and O–H groups in total. The Morgan fingerprint density at radius 1 is 1.27 bits per heavy atom. The Morgan fingerprint density at radius 3 is 2.27 bits per heavy atom. The van der Waals surface area contributed by atoms with Gasteiger partial charge in [0.25, 0.3) is 0 Å². The molecule has 0 heterocycles. The number of benzene rings is 1. The van der Waals surface area contributed by atoms with Crippen LogP contribution >= 0.6 is 15.9 Å². The van der Waals surface area contributed by atoms with Gasteiger partial charge in [-0.2, -0.15) is 18.3 Å². The summed E-state index contributed by atoms with van der Waals surface area (Å²) in [6.45, 7) is 1.89. The van der Waals surface area contributed by atoms with Crippen LogP contribution in [0.2, 0.25) is 0 Å². The van der Waals surface area contributed by atoms with Crippen molar-refractivity contribution in [1.29, 1.82) is 0 Å². The molecular formula is C9H8BrF3N2. The third kappa shape index (κ3) is 3.91. The van der Waals surface area contributed by atoms with E-state index in [0.717, 1.165) is 5.56 Å². The van der Waals surface area contributed by atoms with Crippen molar-refractivity contribution < 1.29 is 13.2 Å². The van der Waals surface area contributed by atoms with E-state index in [9.17, 15) is 13.2 Å². The second-order valence-corrected chi connectivity index (χ2v) is 3.63. The molecule has 0 bridgehead atoms. The zero-order chi connectivity index (χ0) is 11.5. The number of nitrogens with zero attached hydrogens (tertiary/aromatic N) is 1. The summed E-state index contributed by atoms with van der Waals surface area (Å²) in [6, 6.07) is 6.85. The van der Waals surface area contributed by atoms with Gasteiger partial charge in [-0.05, 0) is 35.0 Å². The SMILES string of the molecule is Cc1ccc(NN=C(Br)C(F)(F)F)cc1. The van der Waals surface area contributed by atoms with Crippen LogP contribution in [0.4, 0.5) is 18.9 Å². The molecule has 2 nitrogen and oxygen atoms in total. The minimum atomic E-state index is -4.46. The Bertz CT molecular complexity index is 357. The van der Waals surface area contributed by atoms with E-state index in [1.165, 1.54) is 0 Å². The normalized spacial score (nSPS) is 12.7. The Hall–Kier alpha value is -1.04. The van der Waals surface area contributed by atoms with Gasteiger partial charge in [-0.1, -0.05) is 17.7 Å². The fourth-order valence-electron chi connectivity index (χ4n) is 0.805. The molecule has 0 aromatic heterocycles. The summed E-state index contributed by atoms with van der Waals surface area (Å²) in [5.41, 5.74) is 3.83. The molecule has 0 spiro atoms. The van der Waals surface area contributed by atoms with Crippen molar-refractivity contribution >= 4 is 26.2 Å². The summed E-state index contributed by atoms with van der Waals surface area (Å²) in [6.07, 6.45) is -4.46. The molecule has 0 unspecified atom stereocenters. The largest absolute Gasteiger partial charge is 0.441 e. The number of rotatable bonds is 2. The van der Waals surface area contributed by atoms with Gasteiger partial charge in [0.15, 0.2) is 0 Å². The molecule has 0 aliphatic carbocycles. The van der Waals surface area contributed by atoms with Gasteiger partial charge in [0, 0.05) is 0 Å². The number of anilines is 1. The molecule has 1 aromatic rings. The molecule has 0 radical (unpaired) electrons. The predicted molar refractivity (Wildman–Crippen MR) is 57.2 cm³/mol. The summed E-state index contributed by atoms with van der Waals surface area (Å²) in [5.74, 6) is 0. The smallest absolute Gasteiger partial charge is 0.277 e. The molecule has 0 amide bonds. The van der Waals surface area contributed by atoms with E-state index in [0.29, 0.717) is 5.69 Å². The van der Waals surface area contributed by atoms with Gasteiger partial charge in [0.05, 0.1) is 5.69 Å². The molecule has 1 aromatic carbocycles. The van der Waals surface area contributed by atoms with E-state index >= 15 is 0 Å². The van der Waals surface area contributed by atoms with E-state index in [2.05, 4.69) is 26.5 Å². The first kappa shape index (κ1) is 12.0. The molecule has 0 aliphatic heterocycles. The molecule has 0 atom stereocenters. The molecule has 82 valence electrons. The molecule has 0 saturated heterocycles. The van der Waals surface area contributed by atoms with E-state index in [-0.39, 0.29) is 0 Å². The van der Waals surface area contributed by atoms with Gasteiger partial charge < -0.3 is 0 Å². The quantitative estimate of drug-likeness (QED) is 0.649. The van der Waals surface area contributed by atoms with Crippen LogP contribution in [0.15, 0.2) is 29.4 Å². The van der Waals surface area contributed by atoms with Crippen LogP contribution in [-0.4, -0.2) is 10.8 Å². The first-order chi connectivity index (χ1) is 6.89. The van der Waals surface area contributed by atoms with Crippen LogP contribution in [0.25, 0.3) is 0 Å². The lowest BCUT2D eigenvalue weighted by atomic mass is 10.2. The lowest BCUT2D eigenvalue weighted by Gasteiger charge is -2.05. The highest BCUT2D eigenvalue weighted by Gasteiger charge is 2.34. The summed E-state index contributed by atoms with van der Waals surface area (Å²) >= 11 is 2.33. The minimum absolute atomic E-state index is 0.502. The van der Waals surface area contributed by atoms with Gasteiger partial charge in [-0.25, -0.2) is 0 Å².